The first-order valence-corrected chi connectivity index (χ1v) is 8.14. The van der Waals surface area contributed by atoms with Crippen LogP contribution in [-0.4, -0.2) is 40.8 Å². The molecule has 0 bridgehead atoms. The van der Waals surface area contributed by atoms with Crippen LogP contribution in [0.3, 0.4) is 0 Å². The van der Waals surface area contributed by atoms with Gasteiger partial charge >= 0.3 is 0 Å². The van der Waals surface area contributed by atoms with Gasteiger partial charge in [-0.25, -0.2) is 0 Å². The normalized spacial score (nSPS) is 11.9. The lowest BCUT2D eigenvalue weighted by Gasteiger charge is -2.27. The summed E-state index contributed by atoms with van der Waals surface area (Å²) in [5, 5.41) is 13.4. The molecule has 2 amide bonds. The van der Waals surface area contributed by atoms with Gasteiger partial charge < -0.3 is 10.2 Å². The number of non-ortho nitro benzene ring substituents is 1. The third kappa shape index (κ3) is 5.33. The minimum absolute atomic E-state index is 0.0792. The van der Waals surface area contributed by atoms with E-state index in [-0.39, 0.29) is 17.5 Å². The number of nitrogens with one attached hydrogen (secondary N) is 1. The highest BCUT2D eigenvalue weighted by molar-refractivity contribution is 5.97. The summed E-state index contributed by atoms with van der Waals surface area (Å²) in [4.78, 5) is 36.8. The molecule has 7 nitrogen and oxygen atoms in total. The quantitative estimate of drug-likeness (QED) is 0.584. The highest BCUT2D eigenvalue weighted by Crippen LogP contribution is 2.13. The molecule has 1 rings (SSSR count). The third-order valence-electron chi connectivity index (χ3n) is 3.73. The number of carbonyl (C=O) groups excluding carboxylic acids is 2. The van der Waals surface area contributed by atoms with E-state index in [4.69, 9.17) is 0 Å². The van der Waals surface area contributed by atoms with Crippen LogP contribution in [0.4, 0.5) is 5.69 Å². The lowest BCUT2D eigenvalue weighted by molar-refractivity contribution is -0.384. The second kappa shape index (κ2) is 9.00. The van der Waals surface area contributed by atoms with Gasteiger partial charge in [0.15, 0.2) is 0 Å². The summed E-state index contributed by atoms with van der Waals surface area (Å²) in [5.41, 5.74) is 0.214. The van der Waals surface area contributed by atoms with Crippen molar-refractivity contribution < 1.29 is 14.5 Å². The maximum absolute atomic E-state index is 12.6. The molecule has 0 saturated carbocycles. The molecule has 0 aliphatic carbocycles. The van der Waals surface area contributed by atoms with Gasteiger partial charge in [0.1, 0.15) is 6.04 Å². The van der Waals surface area contributed by atoms with Gasteiger partial charge in [0, 0.05) is 30.8 Å². The van der Waals surface area contributed by atoms with Crippen molar-refractivity contribution in [3.63, 3.8) is 0 Å². The molecule has 7 heteroatoms. The molecule has 24 heavy (non-hydrogen) atoms. The van der Waals surface area contributed by atoms with Crippen molar-refractivity contribution in [2.75, 3.05) is 13.1 Å². The molecule has 0 aliphatic heterocycles. The van der Waals surface area contributed by atoms with Gasteiger partial charge in [-0.05, 0) is 38.3 Å². The Balaban J connectivity index is 2.90. The topological polar surface area (TPSA) is 92.6 Å². The van der Waals surface area contributed by atoms with Crippen LogP contribution < -0.4 is 5.32 Å². The van der Waals surface area contributed by atoms with Crippen LogP contribution in [0.15, 0.2) is 24.3 Å². The molecule has 1 atom stereocenters. The smallest absolute Gasteiger partial charge is 0.269 e. The molecule has 0 aliphatic rings. The zero-order valence-electron chi connectivity index (χ0n) is 14.6. The number of carbonyl (C=O) groups is 2. The van der Waals surface area contributed by atoms with Crippen LogP contribution in [0.2, 0.25) is 0 Å². The van der Waals surface area contributed by atoms with Crippen molar-refractivity contribution in [3.8, 4) is 0 Å². The lowest BCUT2D eigenvalue weighted by atomic mass is 10.0. The van der Waals surface area contributed by atoms with Gasteiger partial charge in [-0.2, -0.15) is 0 Å². The van der Waals surface area contributed by atoms with Crippen LogP contribution in [0.1, 0.15) is 44.5 Å². The first-order chi connectivity index (χ1) is 11.3. The lowest BCUT2D eigenvalue weighted by Crippen LogP contribution is -2.49. The second-order valence-corrected chi connectivity index (χ2v) is 5.97. The van der Waals surface area contributed by atoms with Crippen LogP contribution in [0, 0.1) is 16.0 Å². The van der Waals surface area contributed by atoms with E-state index in [9.17, 15) is 19.7 Å². The highest BCUT2D eigenvalue weighted by Gasteiger charge is 2.25. The number of nitro benzene ring substituents is 1. The summed E-state index contributed by atoms with van der Waals surface area (Å²) in [5.74, 6) is -0.272. The van der Waals surface area contributed by atoms with Crippen LogP contribution in [0.5, 0.6) is 0 Å². The van der Waals surface area contributed by atoms with Crippen molar-refractivity contribution in [3.05, 3.63) is 39.9 Å². The fraction of sp³-hybridized carbons (Fsp3) is 0.529. The van der Waals surface area contributed by atoms with Gasteiger partial charge in [0.05, 0.1) is 4.92 Å². The molecule has 0 aromatic heterocycles. The molecular weight excluding hydrogens is 310 g/mol. The average Bonchev–Trinajstić information content (AvgIpc) is 2.54. The SMILES string of the molecule is CCN(CC)C(=O)[C@H](CC(C)C)NC(=O)c1ccc([N+](=O)[O-])cc1. The Morgan fingerprint density at radius 3 is 2.12 bits per heavy atom. The Bertz CT molecular complexity index is 580. The largest absolute Gasteiger partial charge is 0.341 e. The monoisotopic (exact) mass is 335 g/mol. The van der Waals surface area contributed by atoms with E-state index in [1.807, 2.05) is 27.7 Å². The van der Waals surface area contributed by atoms with Gasteiger partial charge in [-0.3, -0.25) is 19.7 Å². The van der Waals surface area contributed by atoms with Gasteiger partial charge in [0.25, 0.3) is 11.6 Å². The summed E-state index contributed by atoms with van der Waals surface area (Å²) in [6.07, 6.45) is 0.536. The maximum atomic E-state index is 12.6. The van der Waals surface area contributed by atoms with Crippen molar-refractivity contribution in [2.45, 2.75) is 40.2 Å². The number of nitrogens with zero attached hydrogens (tertiary/aromatic N) is 2. The molecule has 1 N–H and O–H groups in total. The van der Waals surface area contributed by atoms with Gasteiger partial charge in [-0.1, -0.05) is 13.8 Å². The van der Waals surface area contributed by atoms with E-state index in [0.717, 1.165) is 0 Å². The predicted molar refractivity (Wildman–Crippen MR) is 91.7 cm³/mol. The fourth-order valence-electron chi connectivity index (χ4n) is 2.42. The number of hydrogen-bond acceptors (Lipinski definition) is 4. The van der Waals surface area contributed by atoms with E-state index >= 15 is 0 Å². The maximum Gasteiger partial charge on any atom is 0.269 e. The van der Waals surface area contributed by atoms with E-state index < -0.39 is 16.9 Å². The van der Waals surface area contributed by atoms with Crippen LogP contribution in [0.25, 0.3) is 0 Å². The molecule has 1 aromatic rings. The molecule has 0 spiro atoms. The first kappa shape index (κ1) is 19.6. The summed E-state index contributed by atoms with van der Waals surface area (Å²) in [6, 6.07) is 4.73. The van der Waals surface area contributed by atoms with Crippen molar-refractivity contribution >= 4 is 17.5 Å². The predicted octanol–water partition coefficient (Wildman–Crippen LogP) is 2.61. The highest BCUT2D eigenvalue weighted by atomic mass is 16.6. The Morgan fingerprint density at radius 1 is 1.17 bits per heavy atom. The summed E-state index contributed by atoms with van der Waals surface area (Å²) in [6.45, 7) is 8.92. The Hall–Kier alpha value is -2.44. The van der Waals surface area contributed by atoms with Gasteiger partial charge in [-0.15, -0.1) is 0 Å². The van der Waals surface area contributed by atoms with Crippen LogP contribution in [-0.2, 0) is 4.79 Å². The van der Waals surface area contributed by atoms with E-state index in [0.29, 0.717) is 25.1 Å². The standard InChI is InChI=1S/C17H25N3O4/c1-5-19(6-2)17(22)15(11-12(3)4)18-16(21)13-7-9-14(10-8-13)20(23)24/h7-10,12,15H,5-6,11H2,1-4H3,(H,18,21)/t15-/m0/s1. The molecule has 0 fully saturated rings. The summed E-state index contributed by atoms with van der Waals surface area (Å²) >= 11 is 0. The molecule has 0 unspecified atom stereocenters. The molecule has 0 saturated heterocycles. The third-order valence-corrected chi connectivity index (χ3v) is 3.73. The first-order valence-electron chi connectivity index (χ1n) is 8.14. The van der Waals surface area contributed by atoms with Crippen molar-refractivity contribution in [1.29, 1.82) is 0 Å². The van der Waals surface area contributed by atoms with E-state index in [1.165, 1.54) is 24.3 Å². The molecule has 0 heterocycles. The minimum Gasteiger partial charge on any atom is -0.341 e. The Morgan fingerprint density at radius 2 is 1.71 bits per heavy atom. The Kier molecular flexibility index (Phi) is 7.35. The van der Waals surface area contributed by atoms with E-state index in [2.05, 4.69) is 5.32 Å². The zero-order chi connectivity index (χ0) is 18.3. The number of likely N-dealkylation sites (N-methyl/N-ethyl adjacent to an activating group) is 1. The second-order valence-electron chi connectivity index (χ2n) is 5.97. The summed E-state index contributed by atoms with van der Waals surface area (Å²) < 4.78 is 0. The number of rotatable bonds is 8. The molecule has 1 aromatic carbocycles. The van der Waals surface area contributed by atoms with Gasteiger partial charge in [0.2, 0.25) is 5.91 Å². The number of nitro groups is 1. The van der Waals surface area contributed by atoms with Crippen molar-refractivity contribution in [2.24, 2.45) is 5.92 Å². The number of hydrogen-bond donors (Lipinski definition) is 1. The Labute approximate surface area is 142 Å². The number of benzene rings is 1. The summed E-state index contributed by atoms with van der Waals surface area (Å²) in [7, 11) is 0. The molecule has 0 radical (unpaired) electrons. The average molecular weight is 335 g/mol. The zero-order valence-corrected chi connectivity index (χ0v) is 14.6. The number of amides is 2. The van der Waals surface area contributed by atoms with E-state index in [1.54, 1.807) is 4.90 Å². The minimum atomic E-state index is -0.604. The van der Waals surface area contributed by atoms with Crippen LogP contribution >= 0.6 is 0 Å². The molecule has 132 valence electrons. The fourth-order valence-corrected chi connectivity index (χ4v) is 2.42. The molecular formula is C17H25N3O4. The van der Waals surface area contributed by atoms with Crippen molar-refractivity contribution in [1.82, 2.24) is 10.2 Å².